The maximum atomic E-state index is 13.7. The maximum absolute atomic E-state index is 13.7. The molecule has 0 spiro atoms. The third-order valence-electron chi connectivity index (χ3n) is 4.18. The summed E-state index contributed by atoms with van der Waals surface area (Å²) in [4.78, 5) is 6.65. The van der Waals surface area contributed by atoms with E-state index in [0.717, 1.165) is 34.5 Å². The first kappa shape index (κ1) is 16.4. The molecule has 0 fully saturated rings. The van der Waals surface area contributed by atoms with Gasteiger partial charge in [-0.2, -0.15) is 5.10 Å². The molecule has 0 saturated heterocycles. The van der Waals surface area contributed by atoms with Crippen molar-refractivity contribution in [3.05, 3.63) is 53.2 Å². The van der Waals surface area contributed by atoms with Gasteiger partial charge >= 0.3 is 0 Å². The Morgan fingerprint density at radius 1 is 1.25 bits per heavy atom. The molecule has 0 bridgehead atoms. The van der Waals surface area contributed by atoms with Gasteiger partial charge in [0, 0.05) is 49.2 Å². The predicted octanol–water partition coefficient (Wildman–Crippen LogP) is 4.18. The molecule has 0 N–H and O–H groups in total. The number of anilines is 1. The van der Waals surface area contributed by atoms with Crippen LogP contribution >= 0.6 is 0 Å². The molecule has 2 aromatic heterocycles. The first-order chi connectivity index (χ1) is 11.3. The van der Waals surface area contributed by atoms with Crippen molar-refractivity contribution < 1.29 is 4.39 Å². The summed E-state index contributed by atoms with van der Waals surface area (Å²) in [6.45, 7) is 6.97. The molecule has 0 saturated carbocycles. The summed E-state index contributed by atoms with van der Waals surface area (Å²) in [7, 11) is 3.97. The van der Waals surface area contributed by atoms with E-state index in [1.165, 1.54) is 11.6 Å². The van der Waals surface area contributed by atoms with Gasteiger partial charge in [-0.3, -0.25) is 9.67 Å². The molecule has 0 amide bonds. The maximum Gasteiger partial charge on any atom is 0.124 e. The van der Waals surface area contributed by atoms with Crippen LogP contribution in [-0.2, 0) is 13.6 Å². The third-order valence-corrected chi connectivity index (χ3v) is 4.18. The number of aromatic nitrogens is 3. The molecule has 5 heteroatoms. The number of aryl methyl sites for hydroxylation is 2. The highest BCUT2D eigenvalue weighted by Gasteiger charge is 2.15. The first-order valence-electron chi connectivity index (χ1n) is 8.15. The molecule has 24 heavy (non-hydrogen) atoms. The molecule has 3 rings (SSSR count). The molecule has 0 atom stereocenters. The molecule has 0 unspecified atom stereocenters. The summed E-state index contributed by atoms with van der Waals surface area (Å²) >= 11 is 0. The molecule has 0 aliphatic heterocycles. The van der Waals surface area contributed by atoms with Crippen LogP contribution < -0.4 is 4.90 Å². The van der Waals surface area contributed by atoms with E-state index in [9.17, 15) is 4.39 Å². The Bertz CT molecular complexity index is 882. The number of hydrogen-bond acceptors (Lipinski definition) is 3. The van der Waals surface area contributed by atoms with E-state index < -0.39 is 0 Å². The van der Waals surface area contributed by atoms with E-state index in [0.29, 0.717) is 5.92 Å². The lowest BCUT2D eigenvalue weighted by Gasteiger charge is -2.22. The summed E-state index contributed by atoms with van der Waals surface area (Å²) in [6.07, 6.45) is 2.06. The molecular weight excluding hydrogens is 303 g/mol. The van der Waals surface area contributed by atoms with E-state index in [1.54, 1.807) is 12.1 Å². The minimum absolute atomic E-state index is 0.243. The third kappa shape index (κ3) is 3.11. The van der Waals surface area contributed by atoms with Crippen molar-refractivity contribution in [2.24, 2.45) is 7.05 Å². The van der Waals surface area contributed by atoms with Crippen LogP contribution in [0, 0.1) is 12.7 Å². The van der Waals surface area contributed by atoms with Crippen molar-refractivity contribution in [3.63, 3.8) is 0 Å². The zero-order chi connectivity index (χ0) is 17.4. The number of halogens is 1. The SMILES string of the molecule is Cc1cc(N(C)Cc2cn(C)nc2C(C)C)c2cc(F)ccc2n1. The summed E-state index contributed by atoms with van der Waals surface area (Å²) < 4.78 is 15.6. The quantitative estimate of drug-likeness (QED) is 0.721. The average molecular weight is 326 g/mol. The summed E-state index contributed by atoms with van der Waals surface area (Å²) in [6, 6.07) is 6.75. The molecule has 1 aromatic carbocycles. The Kier molecular flexibility index (Phi) is 4.26. The molecule has 0 aliphatic carbocycles. The first-order valence-corrected chi connectivity index (χ1v) is 8.15. The van der Waals surface area contributed by atoms with Gasteiger partial charge in [-0.25, -0.2) is 4.39 Å². The number of pyridine rings is 1. The van der Waals surface area contributed by atoms with Crippen molar-refractivity contribution in [1.82, 2.24) is 14.8 Å². The second kappa shape index (κ2) is 6.23. The van der Waals surface area contributed by atoms with Crippen LogP contribution in [0.4, 0.5) is 10.1 Å². The Balaban J connectivity index is 2.03. The largest absolute Gasteiger partial charge is 0.370 e. The summed E-state index contributed by atoms with van der Waals surface area (Å²) in [5.41, 5.74) is 5.01. The van der Waals surface area contributed by atoms with Crippen molar-refractivity contribution in [1.29, 1.82) is 0 Å². The highest BCUT2D eigenvalue weighted by atomic mass is 19.1. The van der Waals surface area contributed by atoms with Crippen LogP contribution in [0.5, 0.6) is 0 Å². The predicted molar refractivity (Wildman–Crippen MR) is 95.8 cm³/mol. The average Bonchev–Trinajstić information content (AvgIpc) is 2.87. The van der Waals surface area contributed by atoms with Crippen molar-refractivity contribution in [2.45, 2.75) is 33.2 Å². The van der Waals surface area contributed by atoms with Crippen LogP contribution in [-0.4, -0.2) is 21.8 Å². The van der Waals surface area contributed by atoms with Crippen LogP contribution in [0.1, 0.15) is 36.7 Å². The van der Waals surface area contributed by atoms with Crippen LogP contribution in [0.2, 0.25) is 0 Å². The Morgan fingerprint density at radius 3 is 2.71 bits per heavy atom. The number of rotatable bonds is 4. The van der Waals surface area contributed by atoms with Crippen molar-refractivity contribution >= 4 is 16.6 Å². The number of hydrogen-bond donors (Lipinski definition) is 0. The van der Waals surface area contributed by atoms with E-state index in [1.807, 2.05) is 31.8 Å². The van der Waals surface area contributed by atoms with Crippen LogP contribution in [0.25, 0.3) is 10.9 Å². The molecular formula is C19H23FN4. The Labute approximate surface area is 141 Å². The minimum atomic E-state index is -0.243. The van der Waals surface area contributed by atoms with Crippen LogP contribution in [0.15, 0.2) is 30.5 Å². The minimum Gasteiger partial charge on any atom is -0.370 e. The van der Waals surface area contributed by atoms with E-state index in [2.05, 4.69) is 35.0 Å². The highest BCUT2D eigenvalue weighted by molar-refractivity contribution is 5.91. The topological polar surface area (TPSA) is 34.0 Å². The lowest BCUT2D eigenvalue weighted by Crippen LogP contribution is -2.18. The van der Waals surface area contributed by atoms with E-state index in [4.69, 9.17) is 0 Å². The molecule has 126 valence electrons. The van der Waals surface area contributed by atoms with Crippen molar-refractivity contribution in [2.75, 3.05) is 11.9 Å². The molecule has 0 radical (unpaired) electrons. The zero-order valence-corrected chi connectivity index (χ0v) is 14.8. The lowest BCUT2D eigenvalue weighted by molar-refractivity contribution is 0.629. The van der Waals surface area contributed by atoms with Gasteiger partial charge in [0.05, 0.1) is 11.2 Å². The zero-order valence-electron chi connectivity index (χ0n) is 14.8. The number of fused-ring (bicyclic) bond motifs is 1. The van der Waals surface area contributed by atoms with Gasteiger partial charge in [-0.05, 0) is 37.1 Å². The van der Waals surface area contributed by atoms with Gasteiger partial charge in [0.1, 0.15) is 5.82 Å². The van der Waals surface area contributed by atoms with Crippen LogP contribution in [0.3, 0.4) is 0 Å². The number of benzene rings is 1. The van der Waals surface area contributed by atoms with Crippen molar-refractivity contribution in [3.8, 4) is 0 Å². The highest BCUT2D eigenvalue weighted by Crippen LogP contribution is 2.29. The Morgan fingerprint density at radius 2 is 2.00 bits per heavy atom. The lowest BCUT2D eigenvalue weighted by atomic mass is 10.1. The van der Waals surface area contributed by atoms with E-state index >= 15 is 0 Å². The molecule has 2 heterocycles. The monoisotopic (exact) mass is 326 g/mol. The smallest absolute Gasteiger partial charge is 0.124 e. The number of nitrogens with zero attached hydrogens (tertiary/aromatic N) is 4. The Hall–Kier alpha value is -2.43. The van der Waals surface area contributed by atoms with Gasteiger partial charge in [0.2, 0.25) is 0 Å². The second-order valence-electron chi connectivity index (χ2n) is 6.67. The van der Waals surface area contributed by atoms with Gasteiger partial charge in [-0.1, -0.05) is 13.8 Å². The normalized spacial score (nSPS) is 11.5. The molecule has 3 aromatic rings. The fraction of sp³-hybridized carbons (Fsp3) is 0.368. The van der Waals surface area contributed by atoms with Gasteiger partial charge in [0.25, 0.3) is 0 Å². The fourth-order valence-corrected chi connectivity index (χ4v) is 3.13. The van der Waals surface area contributed by atoms with E-state index in [-0.39, 0.29) is 5.82 Å². The molecule has 4 nitrogen and oxygen atoms in total. The summed E-state index contributed by atoms with van der Waals surface area (Å²) in [5, 5.41) is 5.40. The molecule has 0 aliphatic rings. The van der Waals surface area contributed by atoms with Gasteiger partial charge in [-0.15, -0.1) is 0 Å². The second-order valence-corrected chi connectivity index (χ2v) is 6.67. The fourth-order valence-electron chi connectivity index (χ4n) is 3.13. The van der Waals surface area contributed by atoms with Gasteiger partial charge < -0.3 is 4.90 Å². The van der Waals surface area contributed by atoms with Gasteiger partial charge in [0.15, 0.2) is 0 Å². The standard InChI is InChI=1S/C19H23FN4/c1-12(2)19-14(11-24(5)22-19)10-23(4)18-8-13(3)21-17-7-6-15(20)9-16(17)18/h6-9,11-12H,10H2,1-5H3. The summed E-state index contributed by atoms with van der Waals surface area (Å²) in [5.74, 6) is 0.120.